The third-order valence-electron chi connectivity index (χ3n) is 5.55. The Kier molecular flexibility index (Phi) is 5.03. The molecule has 0 aliphatic carbocycles. The van der Waals surface area contributed by atoms with Crippen molar-refractivity contribution >= 4 is 11.4 Å². The van der Waals surface area contributed by atoms with Gasteiger partial charge in [0.2, 0.25) is 0 Å². The summed E-state index contributed by atoms with van der Waals surface area (Å²) in [5.41, 5.74) is 13.0. The minimum Gasteiger partial charge on any atom is -0.388 e. The Balaban J connectivity index is 2.17. The van der Waals surface area contributed by atoms with Crippen LogP contribution in [0, 0.1) is 27.7 Å². The van der Waals surface area contributed by atoms with Gasteiger partial charge in [-0.15, -0.1) is 0 Å². The van der Waals surface area contributed by atoms with Crippen molar-refractivity contribution in [2.45, 2.75) is 27.7 Å². The van der Waals surface area contributed by atoms with Gasteiger partial charge in [-0.05, 0) is 96.5 Å². The van der Waals surface area contributed by atoms with Gasteiger partial charge in [-0.25, -0.2) is 0 Å². The summed E-state index contributed by atoms with van der Waals surface area (Å²) in [6.07, 6.45) is 0. The van der Waals surface area contributed by atoms with E-state index in [4.69, 9.17) is 0 Å². The van der Waals surface area contributed by atoms with Gasteiger partial charge in [0.25, 0.3) is 0 Å². The van der Waals surface area contributed by atoms with Gasteiger partial charge in [0.05, 0.1) is 0 Å². The second-order valence-electron chi connectivity index (χ2n) is 6.90. The fourth-order valence-electron chi connectivity index (χ4n) is 3.79. The van der Waals surface area contributed by atoms with Gasteiger partial charge in [0.1, 0.15) is 0 Å². The van der Waals surface area contributed by atoms with Crippen LogP contribution in [0.3, 0.4) is 0 Å². The van der Waals surface area contributed by atoms with E-state index in [1.807, 2.05) is 14.1 Å². The van der Waals surface area contributed by atoms with Crippen LogP contribution in [0.25, 0.3) is 22.3 Å². The molecule has 0 bridgehead atoms. The molecule has 134 valence electrons. The maximum Gasteiger partial charge on any atom is 0.0337 e. The second-order valence-corrected chi connectivity index (χ2v) is 6.90. The average Bonchev–Trinajstić information content (AvgIpc) is 2.68. The molecule has 26 heavy (non-hydrogen) atoms. The average molecular weight is 345 g/mol. The molecule has 2 nitrogen and oxygen atoms in total. The monoisotopic (exact) mass is 344 g/mol. The summed E-state index contributed by atoms with van der Waals surface area (Å²) in [6.45, 7) is 8.98. The van der Waals surface area contributed by atoms with Crippen molar-refractivity contribution < 1.29 is 0 Å². The molecule has 0 radical (unpaired) electrons. The van der Waals surface area contributed by atoms with E-state index in [9.17, 15) is 0 Å². The van der Waals surface area contributed by atoms with Crippen molar-refractivity contribution in [2.24, 2.45) is 0 Å². The molecule has 2 N–H and O–H groups in total. The molecule has 0 saturated carbocycles. The molecule has 0 saturated heterocycles. The van der Waals surface area contributed by atoms with Crippen LogP contribution < -0.4 is 10.6 Å². The summed E-state index contributed by atoms with van der Waals surface area (Å²) >= 11 is 0. The zero-order valence-corrected chi connectivity index (χ0v) is 16.6. The Morgan fingerprint density at radius 1 is 0.462 bits per heavy atom. The molecule has 3 rings (SSSR count). The third kappa shape index (κ3) is 3.08. The summed E-state index contributed by atoms with van der Waals surface area (Å²) < 4.78 is 0. The fraction of sp³-hybridized carbons (Fsp3) is 0.250. The van der Waals surface area contributed by atoms with Crippen molar-refractivity contribution in [2.75, 3.05) is 24.7 Å². The van der Waals surface area contributed by atoms with E-state index in [0.717, 1.165) is 11.4 Å². The van der Waals surface area contributed by atoms with E-state index in [2.05, 4.69) is 86.9 Å². The number of anilines is 2. The molecule has 0 aliphatic rings. The van der Waals surface area contributed by atoms with E-state index in [1.54, 1.807) is 0 Å². The summed E-state index contributed by atoms with van der Waals surface area (Å²) in [7, 11) is 3.90. The summed E-state index contributed by atoms with van der Waals surface area (Å²) in [5, 5.41) is 6.38. The van der Waals surface area contributed by atoms with Gasteiger partial charge in [-0.1, -0.05) is 24.3 Å². The number of hydrogen-bond donors (Lipinski definition) is 2. The van der Waals surface area contributed by atoms with Crippen LogP contribution in [0.15, 0.2) is 48.5 Å². The molecule has 0 unspecified atom stereocenters. The van der Waals surface area contributed by atoms with Crippen LogP contribution >= 0.6 is 0 Å². The number of rotatable bonds is 4. The van der Waals surface area contributed by atoms with Crippen molar-refractivity contribution in [1.29, 1.82) is 0 Å². The summed E-state index contributed by atoms with van der Waals surface area (Å²) in [5.74, 6) is 0. The second kappa shape index (κ2) is 7.25. The lowest BCUT2D eigenvalue weighted by atomic mass is 9.83. The highest BCUT2D eigenvalue weighted by molar-refractivity contribution is 5.83. The van der Waals surface area contributed by atoms with Gasteiger partial charge in [-0.2, -0.15) is 0 Å². The number of nitrogens with one attached hydrogen (secondary N) is 2. The number of hydrogen-bond acceptors (Lipinski definition) is 2. The van der Waals surface area contributed by atoms with E-state index in [0.29, 0.717) is 0 Å². The third-order valence-corrected chi connectivity index (χ3v) is 5.55. The SMILES string of the molecule is CNc1ccc(-c2c(C)c(C)c(-c3ccc(NC)cc3)c(C)c2C)cc1. The normalized spacial score (nSPS) is 10.7. The molecule has 0 fully saturated rings. The van der Waals surface area contributed by atoms with Gasteiger partial charge in [0.15, 0.2) is 0 Å². The standard InChI is InChI=1S/C24H28N2/c1-15-16(2)24(20-9-13-22(26-6)14-10-20)18(4)17(3)23(15)19-7-11-21(25-5)12-8-19/h7-14,25-26H,1-6H3. The van der Waals surface area contributed by atoms with E-state index >= 15 is 0 Å². The lowest BCUT2D eigenvalue weighted by molar-refractivity contribution is 1.24. The first-order valence-electron chi connectivity index (χ1n) is 9.14. The fourth-order valence-corrected chi connectivity index (χ4v) is 3.79. The highest BCUT2D eigenvalue weighted by atomic mass is 14.8. The predicted octanol–water partition coefficient (Wildman–Crippen LogP) is 6.34. The molecule has 2 heteroatoms. The molecule has 0 heterocycles. The Morgan fingerprint density at radius 3 is 0.962 bits per heavy atom. The minimum absolute atomic E-state index is 1.14. The van der Waals surface area contributed by atoms with Crippen LogP contribution in [0.2, 0.25) is 0 Å². The lowest BCUT2D eigenvalue weighted by Gasteiger charge is -2.21. The van der Waals surface area contributed by atoms with Crippen molar-refractivity contribution in [3.63, 3.8) is 0 Å². The minimum atomic E-state index is 1.14. The molecule has 0 atom stereocenters. The molecule has 3 aromatic rings. The first-order chi connectivity index (χ1) is 12.5. The molecule has 0 aliphatic heterocycles. The molecule has 3 aromatic carbocycles. The zero-order valence-electron chi connectivity index (χ0n) is 16.6. The first-order valence-corrected chi connectivity index (χ1v) is 9.14. The largest absolute Gasteiger partial charge is 0.388 e. The quantitative estimate of drug-likeness (QED) is 0.577. The van der Waals surface area contributed by atoms with E-state index < -0.39 is 0 Å². The Morgan fingerprint density at radius 2 is 0.731 bits per heavy atom. The highest BCUT2D eigenvalue weighted by Gasteiger charge is 2.17. The maximum absolute atomic E-state index is 3.19. The Hall–Kier alpha value is -2.74. The van der Waals surface area contributed by atoms with Crippen LogP contribution in [0.1, 0.15) is 22.3 Å². The van der Waals surface area contributed by atoms with Crippen LogP contribution in [-0.2, 0) is 0 Å². The molecular weight excluding hydrogens is 316 g/mol. The predicted molar refractivity (Wildman–Crippen MR) is 115 cm³/mol. The van der Waals surface area contributed by atoms with Gasteiger partial charge < -0.3 is 10.6 Å². The van der Waals surface area contributed by atoms with Gasteiger partial charge in [0, 0.05) is 25.5 Å². The summed E-state index contributed by atoms with van der Waals surface area (Å²) in [6, 6.07) is 17.4. The topological polar surface area (TPSA) is 24.1 Å². The van der Waals surface area contributed by atoms with E-state index in [-0.39, 0.29) is 0 Å². The Bertz CT molecular complexity index is 812. The van der Waals surface area contributed by atoms with Crippen LogP contribution in [0.5, 0.6) is 0 Å². The Labute approximate surface area is 157 Å². The molecule has 0 aromatic heterocycles. The van der Waals surface area contributed by atoms with Crippen molar-refractivity contribution in [3.05, 3.63) is 70.8 Å². The molecule has 0 amide bonds. The van der Waals surface area contributed by atoms with Crippen LogP contribution in [0.4, 0.5) is 11.4 Å². The van der Waals surface area contributed by atoms with Gasteiger partial charge >= 0.3 is 0 Å². The first kappa shape index (κ1) is 18.1. The van der Waals surface area contributed by atoms with Crippen LogP contribution in [-0.4, -0.2) is 14.1 Å². The number of benzene rings is 3. The maximum atomic E-state index is 3.19. The molecular formula is C24H28N2. The van der Waals surface area contributed by atoms with Gasteiger partial charge in [-0.3, -0.25) is 0 Å². The van der Waals surface area contributed by atoms with E-state index in [1.165, 1.54) is 44.5 Å². The highest BCUT2D eigenvalue weighted by Crippen LogP contribution is 2.39. The van der Waals surface area contributed by atoms with Crippen molar-refractivity contribution in [3.8, 4) is 22.3 Å². The summed E-state index contributed by atoms with van der Waals surface area (Å²) in [4.78, 5) is 0. The molecule has 0 spiro atoms. The smallest absolute Gasteiger partial charge is 0.0337 e. The zero-order chi connectivity index (χ0) is 18.8. The lowest BCUT2D eigenvalue weighted by Crippen LogP contribution is -2.00. The van der Waals surface area contributed by atoms with Crippen molar-refractivity contribution in [1.82, 2.24) is 0 Å².